The number of nitrogens with zero attached hydrogens (tertiary/aromatic N) is 3. The van der Waals surface area contributed by atoms with Crippen molar-refractivity contribution in [3.63, 3.8) is 0 Å². The summed E-state index contributed by atoms with van der Waals surface area (Å²) in [7, 11) is 1.72. The van der Waals surface area contributed by atoms with E-state index in [9.17, 15) is 9.59 Å². The predicted octanol–water partition coefficient (Wildman–Crippen LogP) is 3.30. The molecule has 3 aromatic rings. The molecule has 2 heterocycles. The molecule has 29 heavy (non-hydrogen) atoms. The Morgan fingerprint density at radius 1 is 0.897 bits per heavy atom. The van der Waals surface area contributed by atoms with Crippen LogP contribution in [-0.2, 0) is 7.05 Å². The van der Waals surface area contributed by atoms with Gasteiger partial charge in [-0.25, -0.2) is 0 Å². The molecule has 0 radical (unpaired) electrons. The molecular weight excluding hydrogens is 382 g/mol. The lowest BCUT2D eigenvalue weighted by molar-refractivity contribution is 0.0601. The number of thiazole rings is 1. The van der Waals surface area contributed by atoms with Crippen molar-refractivity contribution < 1.29 is 4.79 Å². The zero-order valence-electron chi connectivity index (χ0n) is 16.7. The number of hydrogen-bond donors (Lipinski definition) is 0. The van der Waals surface area contributed by atoms with Crippen LogP contribution >= 0.6 is 11.3 Å². The summed E-state index contributed by atoms with van der Waals surface area (Å²) >= 11 is 1.05. The summed E-state index contributed by atoms with van der Waals surface area (Å²) in [5, 5.41) is 0. The van der Waals surface area contributed by atoms with Crippen LogP contribution in [0.15, 0.2) is 65.5 Å². The van der Waals surface area contributed by atoms with Crippen molar-refractivity contribution in [3.8, 4) is 0 Å². The van der Waals surface area contributed by atoms with Gasteiger partial charge in [0.05, 0.1) is 6.04 Å². The molecule has 0 saturated carbocycles. The minimum atomic E-state index is -0.0855. The van der Waals surface area contributed by atoms with E-state index in [1.807, 2.05) is 24.0 Å². The van der Waals surface area contributed by atoms with E-state index in [0.29, 0.717) is 18.0 Å². The van der Waals surface area contributed by atoms with Crippen molar-refractivity contribution in [3.05, 3.63) is 92.0 Å². The second-order valence-electron chi connectivity index (χ2n) is 7.39. The quantitative estimate of drug-likeness (QED) is 0.667. The van der Waals surface area contributed by atoms with E-state index in [-0.39, 0.29) is 16.8 Å². The fourth-order valence-corrected chi connectivity index (χ4v) is 4.88. The Balaban J connectivity index is 1.53. The van der Waals surface area contributed by atoms with E-state index >= 15 is 0 Å². The predicted molar refractivity (Wildman–Crippen MR) is 117 cm³/mol. The lowest BCUT2D eigenvalue weighted by Gasteiger charge is -2.39. The van der Waals surface area contributed by atoms with Crippen molar-refractivity contribution in [1.82, 2.24) is 14.4 Å². The summed E-state index contributed by atoms with van der Waals surface area (Å²) in [6.45, 7) is 4.73. The molecule has 1 aliphatic heterocycles. The van der Waals surface area contributed by atoms with Gasteiger partial charge in [-0.3, -0.25) is 14.5 Å². The number of amides is 1. The van der Waals surface area contributed by atoms with Gasteiger partial charge in [0.2, 0.25) is 0 Å². The number of carbonyl (C=O) groups excluding carboxylic acids is 1. The zero-order chi connectivity index (χ0) is 20.4. The van der Waals surface area contributed by atoms with Crippen molar-refractivity contribution in [2.24, 2.45) is 7.05 Å². The Bertz CT molecular complexity index is 995. The highest BCUT2D eigenvalue weighted by Crippen LogP contribution is 2.29. The van der Waals surface area contributed by atoms with E-state index in [4.69, 9.17) is 0 Å². The summed E-state index contributed by atoms with van der Waals surface area (Å²) in [6, 6.07) is 21.2. The van der Waals surface area contributed by atoms with E-state index in [0.717, 1.165) is 30.1 Å². The standard InChI is InChI=1S/C23H25N3O2S/c1-17-21(29-23(28)24(17)2)22(27)26-15-13-25(14-16-26)20(18-9-5-3-6-10-18)19-11-7-4-8-12-19/h3-12,20H,13-16H2,1-2H3. The van der Waals surface area contributed by atoms with Crippen LogP contribution in [-0.4, -0.2) is 46.5 Å². The minimum absolute atomic E-state index is 0.0270. The molecule has 1 fully saturated rings. The van der Waals surface area contributed by atoms with Crippen LogP contribution in [0.5, 0.6) is 0 Å². The van der Waals surface area contributed by atoms with Gasteiger partial charge < -0.3 is 9.47 Å². The topological polar surface area (TPSA) is 45.6 Å². The molecule has 0 spiro atoms. The highest BCUT2D eigenvalue weighted by molar-refractivity contribution is 7.11. The smallest absolute Gasteiger partial charge is 0.307 e. The summed E-state index contributed by atoms with van der Waals surface area (Å²) in [6.07, 6.45) is 0. The van der Waals surface area contributed by atoms with Crippen LogP contribution in [0.4, 0.5) is 0 Å². The van der Waals surface area contributed by atoms with E-state index < -0.39 is 0 Å². The lowest BCUT2D eigenvalue weighted by atomic mass is 9.96. The zero-order valence-corrected chi connectivity index (χ0v) is 17.6. The first-order valence-corrected chi connectivity index (χ1v) is 10.7. The molecule has 2 aromatic carbocycles. The maximum atomic E-state index is 13.0. The maximum absolute atomic E-state index is 13.0. The molecule has 0 aliphatic carbocycles. The average Bonchev–Trinajstić information content (AvgIpc) is 3.03. The molecule has 0 unspecified atom stereocenters. The van der Waals surface area contributed by atoms with Crippen molar-refractivity contribution in [2.75, 3.05) is 26.2 Å². The van der Waals surface area contributed by atoms with E-state index in [1.54, 1.807) is 11.6 Å². The molecule has 0 N–H and O–H groups in total. The second-order valence-corrected chi connectivity index (χ2v) is 8.36. The fraction of sp³-hybridized carbons (Fsp3) is 0.304. The Morgan fingerprint density at radius 2 is 1.41 bits per heavy atom. The number of piperazine rings is 1. The first kappa shape index (κ1) is 19.6. The minimum Gasteiger partial charge on any atom is -0.335 e. The molecule has 4 rings (SSSR count). The number of rotatable bonds is 4. The molecule has 0 bridgehead atoms. The van der Waals surface area contributed by atoms with Gasteiger partial charge in [0.25, 0.3) is 5.91 Å². The second kappa shape index (κ2) is 8.35. The summed E-state index contributed by atoms with van der Waals surface area (Å²) in [5.41, 5.74) is 3.27. The normalized spacial score (nSPS) is 15.1. The summed E-state index contributed by atoms with van der Waals surface area (Å²) in [4.78, 5) is 29.7. The van der Waals surface area contributed by atoms with E-state index in [1.165, 1.54) is 11.1 Å². The van der Waals surface area contributed by atoms with Crippen LogP contribution in [0, 0.1) is 6.92 Å². The third kappa shape index (κ3) is 3.91. The Kier molecular flexibility index (Phi) is 5.65. The monoisotopic (exact) mass is 407 g/mol. The van der Waals surface area contributed by atoms with Crippen LogP contribution in [0.1, 0.15) is 32.5 Å². The maximum Gasteiger partial charge on any atom is 0.307 e. The molecule has 1 aliphatic rings. The van der Waals surface area contributed by atoms with Crippen LogP contribution in [0.2, 0.25) is 0 Å². The number of benzene rings is 2. The Labute approximate surface area is 174 Å². The van der Waals surface area contributed by atoms with Gasteiger partial charge in [-0.1, -0.05) is 72.0 Å². The number of aromatic nitrogens is 1. The van der Waals surface area contributed by atoms with Gasteiger partial charge >= 0.3 is 4.87 Å². The largest absolute Gasteiger partial charge is 0.335 e. The molecule has 0 atom stereocenters. The van der Waals surface area contributed by atoms with Crippen LogP contribution in [0.25, 0.3) is 0 Å². The fourth-order valence-electron chi connectivity index (χ4n) is 3.93. The number of hydrogen-bond acceptors (Lipinski definition) is 4. The molecule has 1 saturated heterocycles. The van der Waals surface area contributed by atoms with Crippen molar-refractivity contribution in [2.45, 2.75) is 13.0 Å². The van der Waals surface area contributed by atoms with Gasteiger partial charge in [0, 0.05) is 38.9 Å². The molecule has 5 nitrogen and oxygen atoms in total. The van der Waals surface area contributed by atoms with Crippen molar-refractivity contribution >= 4 is 17.2 Å². The van der Waals surface area contributed by atoms with Gasteiger partial charge in [-0.2, -0.15) is 0 Å². The first-order valence-electron chi connectivity index (χ1n) is 9.86. The van der Waals surface area contributed by atoms with Gasteiger partial charge in [0.15, 0.2) is 0 Å². The van der Waals surface area contributed by atoms with E-state index in [2.05, 4.69) is 53.4 Å². The third-order valence-corrected chi connectivity index (χ3v) is 6.81. The molecular formula is C23H25N3O2S. The summed E-state index contributed by atoms with van der Waals surface area (Å²) in [5.74, 6) is -0.0270. The summed E-state index contributed by atoms with van der Waals surface area (Å²) < 4.78 is 1.55. The van der Waals surface area contributed by atoms with Crippen LogP contribution in [0.3, 0.4) is 0 Å². The lowest BCUT2D eigenvalue weighted by Crippen LogP contribution is -2.49. The molecule has 1 aromatic heterocycles. The first-order chi connectivity index (χ1) is 14.1. The van der Waals surface area contributed by atoms with Crippen LogP contribution < -0.4 is 4.87 Å². The Morgan fingerprint density at radius 3 is 1.86 bits per heavy atom. The number of carbonyl (C=O) groups is 1. The molecule has 6 heteroatoms. The van der Waals surface area contributed by atoms with Gasteiger partial charge in [0.1, 0.15) is 4.88 Å². The van der Waals surface area contributed by atoms with Crippen molar-refractivity contribution in [1.29, 1.82) is 0 Å². The SMILES string of the molecule is Cc1c(C(=O)N2CCN(C(c3ccccc3)c3ccccc3)CC2)sc(=O)n1C. The average molecular weight is 408 g/mol. The third-order valence-electron chi connectivity index (χ3n) is 5.69. The highest BCUT2D eigenvalue weighted by Gasteiger charge is 2.30. The molecule has 150 valence electrons. The van der Waals surface area contributed by atoms with Gasteiger partial charge in [-0.15, -0.1) is 0 Å². The highest BCUT2D eigenvalue weighted by atomic mass is 32.1. The Hall–Kier alpha value is -2.70. The van der Waals surface area contributed by atoms with Gasteiger partial charge in [-0.05, 0) is 18.1 Å². The molecule has 1 amide bonds.